The van der Waals surface area contributed by atoms with Crippen LogP contribution >= 0.6 is 0 Å². The van der Waals surface area contributed by atoms with Crippen molar-refractivity contribution in [1.82, 2.24) is 0 Å². The second-order valence-electron chi connectivity index (χ2n) is 4.83. The highest BCUT2D eigenvalue weighted by Gasteiger charge is 2.46. The third kappa shape index (κ3) is 2.83. The van der Waals surface area contributed by atoms with Crippen LogP contribution < -0.4 is 0 Å². The standard InChI is InChI=1S/C16H11F3O2/c17-16(18,19)12-8-6-11(7-9-12)14-15(21-14)13(20)10-4-2-1-3-5-10/h1-9,14-15H. The molecular formula is C16H11F3O2. The molecule has 108 valence electrons. The molecule has 0 aliphatic carbocycles. The van der Waals surface area contributed by atoms with Gasteiger partial charge in [-0.05, 0) is 17.7 Å². The number of Topliss-reactive ketones (excluding diaryl/α,β-unsaturated/α-hetero) is 1. The topological polar surface area (TPSA) is 29.6 Å². The summed E-state index contributed by atoms with van der Waals surface area (Å²) in [6.07, 6.45) is -5.42. The maximum atomic E-state index is 12.5. The summed E-state index contributed by atoms with van der Waals surface area (Å²) in [7, 11) is 0. The monoisotopic (exact) mass is 292 g/mol. The Kier molecular flexibility index (Phi) is 3.29. The lowest BCUT2D eigenvalue weighted by molar-refractivity contribution is -0.137. The second-order valence-corrected chi connectivity index (χ2v) is 4.83. The lowest BCUT2D eigenvalue weighted by atomic mass is 10.0. The summed E-state index contributed by atoms with van der Waals surface area (Å²) in [6, 6.07) is 13.4. The van der Waals surface area contributed by atoms with E-state index in [4.69, 9.17) is 4.74 Å². The summed E-state index contributed by atoms with van der Waals surface area (Å²) in [5, 5.41) is 0. The summed E-state index contributed by atoms with van der Waals surface area (Å²) < 4.78 is 42.7. The highest BCUT2D eigenvalue weighted by atomic mass is 19.4. The molecule has 1 heterocycles. The first-order valence-corrected chi connectivity index (χ1v) is 6.39. The Morgan fingerprint density at radius 2 is 1.57 bits per heavy atom. The van der Waals surface area contributed by atoms with Crippen LogP contribution in [0.25, 0.3) is 0 Å². The van der Waals surface area contributed by atoms with Gasteiger partial charge in [0.15, 0.2) is 11.9 Å². The van der Waals surface area contributed by atoms with E-state index in [-0.39, 0.29) is 5.78 Å². The molecular weight excluding hydrogens is 281 g/mol. The van der Waals surface area contributed by atoms with Crippen molar-refractivity contribution >= 4 is 5.78 Å². The Balaban J connectivity index is 1.72. The minimum Gasteiger partial charge on any atom is -0.356 e. The van der Waals surface area contributed by atoms with Crippen LogP contribution in [0.5, 0.6) is 0 Å². The van der Waals surface area contributed by atoms with Crippen molar-refractivity contribution in [3.05, 3.63) is 71.3 Å². The van der Waals surface area contributed by atoms with Crippen LogP contribution in [0.4, 0.5) is 13.2 Å². The molecule has 2 aromatic rings. The molecule has 2 nitrogen and oxygen atoms in total. The summed E-state index contributed by atoms with van der Waals surface area (Å²) >= 11 is 0. The van der Waals surface area contributed by atoms with Gasteiger partial charge < -0.3 is 4.74 Å². The number of rotatable bonds is 3. The maximum absolute atomic E-state index is 12.5. The number of ketones is 1. The number of alkyl halides is 3. The Morgan fingerprint density at radius 1 is 0.952 bits per heavy atom. The molecule has 1 fully saturated rings. The molecule has 1 aliphatic heterocycles. The zero-order valence-corrected chi connectivity index (χ0v) is 10.8. The van der Waals surface area contributed by atoms with E-state index in [0.717, 1.165) is 12.1 Å². The molecule has 0 aromatic heterocycles. The highest BCUT2D eigenvalue weighted by Crippen LogP contribution is 2.41. The molecule has 5 heteroatoms. The Morgan fingerprint density at radius 3 is 2.14 bits per heavy atom. The van der Waals surface area contributed by atoms with Gasteiger partial charge in [-0.15, -0.1) is 0 Å². The van der Waals surface area contributed by atoms with Crippen molar-refractivity contribution < 1.29 is 22.7 Å². The van der Waals surface area contributed by atoms with Crippen LogP contribution in [0.2, 0.25) is 0 Å². The molecule has 0 N–H and O–H groups in total. The highest BCUT2D eigenvalue weighted by molar-refractivity contribution is 6.01. The lowest BCUT2D eigenvalue weighted by Gasteiger charge is -2.06. The minimum absolute atomic E-state index is 0.152. The van der Waals surface area contributed by atoms with Gasteiger partial charge in [-0.1, -0.05) is 42.5 Å². The first kappa shape index (κ1) is 13.8. The van der Waals surface area contributed by atoms with Crippen LogP contribution in [0.15, 0.2) is 54.6 Å². The fourth-order valence-corrected chi connectivity index (χ4v) is 2.19. The molecule has 1 saturated heterocycles. The van der Waals surface area contributed by atoms with Crippen molar-refractivity contribution in [2.45, 2.75) is 18.4 Å². The molecule has 0 amide bonds. The molecule has 0 saturated carbocycles. The largest absolute Gasteiger partial charge is 0.416 e. The van der Waals surface area contributed by atoms with Gasteiger partial charge >= 0.3 is 6.18 Å². The molecule has 0 bridgehead atoms. The van der Waals surface area contributed by atoms with Crippen molar-refractivity contribution in [2.75, 3.05) is 0 Å². The van der Waals surface area contributed by atoms with Gasteiger partial charge in [-0.3, -0.25) is 4.79 Å². The van der Waals surface area contributed by atoms with Gasteiger partial charge in [-0.25, -0.2) is 0 Å². The number of benzene rings is 2. The van der Waals surface area contributed by atoms with Crippen LogP contribution in [0, 0.1) is 0 Å². The third-order valence-corrected chi connectivity index (χ3v) is 3.37. The molecule has 2 unspecified atom stereocenters. The quantitative estimate of drug-likeness (QED) is 0.631. The van der Waals surface area contributed by atoms with Crippen LogP contribution in [0.3, 0.4) is 0 Å². The number of epoxide rings is 1. The van der Waals surface area contributed by atoms with E-state index in [1.807, 2.05) is 0 Å². The summed E-state index contributed by atoms with van der Waals surface area (Å²) in [6.45, 7) is 0. The van der Waals surface area contributed by atoms with E-state index in [1.165, 1.54) is 12.1 Å². The Labute approximate surface area is 119 Å². The summed E-state index contributed by atoms with van der Waals surface area (Å²) in [5.41, 5.74) is 0.409. The number of hydrogen-bond acceptors (Lipinski definition) is 2. The van der Waals surface area contributed by atoms with E-state index in [1.54, 1.807) is 30.3 Å². The Bertz CT molecular complexity index is 647. The molecule has 2 aromatic carbocycles. The Hall–Kier alpha value is -2.14. The van der Waals surface area contributed by atoms with Crippen LogP contribution in [-0.4, -0.2) is 11.9 Å². The third-order valence-electron chi connectivity index (χ3n) is 3.37. The fraction of sp³-hybridized carbons (Fsp3) is 0.188. The van der Waals surface area contributed by atoms with Gasteiger partial charge in [0.2, 0.25) is 0 Å². The normalized spacial score (nSPS) is 21.1. The second kappa shape index (κ2) is 5.00. The molecule has 1 aliphatic rings. The van der Waals surface area contributed by atoms with Gasteiger partial charge in [0, 0.05) is 5.56 Å². The zero-order valence-electron chi connectivity index (χ0n) is 10.8. The maximum Gasteiger partial charge on any atom is 0.416 e. The fourth-order valence-electron chi connectivity index (χ4n) is 2.19. The van der Waals surface area contributed by atoms with Gasteiger partial charge in [0.1, 0.15) is 6.10 Å². The van der Waals surface area contributed by atoms with Gasteiger partial charge in [-0.2, -0.15) is 13.2 Å². The number of carbonyl (C=O) groups excluding carboxylic acids is 1. The first-order valence-electron chi connectivity index (χ1n) is 6.39. The van der Waals surface area contributed by atoms with Crippen LogP contribution in [-0.2, 0) is 10.9 Å². The number of halogens is 3. The smallest absolute Gasteiger partial charge is 0.356 e. The zero-order chi connectivity index (χ0) is 15.0. The number of hydrogen-bond donors (Lipinski definition) is 0. The van der Waals surface area contributed by atoms with Crippen molar-refractivity contribution in [3.63, 3.8) is 0 Å². The van der Waals surface area contributed by atoms with Crippen LogP contribution in [0.1, 0.15) is 27.6 Å². The van der Waals surface area contributed by atoms with E-state index in [0.29, 0.717) is 11.1 Å². The van der Waals surface area contributed by atoms with E-state index >= 15 is 0 Å². The molecule has 3 rings (SSSR count). The van der Waals surface area contributed by atoms with E-state index in [9.17, 15) is 18.0 Å². The molecule has 2 atom stereocenters. The molecule has 0 spiro atoms. The molecule has 0 radical (unpaired) electrons. The van der Waals surface area contributed by atoms with E-state index in [2.05, 4.69) is 0 Å². The predicted molar refractivity (Wildman–Crippen MR) is 69.8 cm³/mol. The predicted octanol–water partition coefficient (Wildman–Crippen LogP) is 4.03. The minimum atomic E-state index is -4.36. The number of carbonyl (C=O) groups is 1. The summed E-state index contributed by atoms with van der Waals surface area (Å²) in [5.74, 6) is -0.152. The lowest BCUT2D eigenvalue weighted by Crippen LogP contribution is -2.08. The van der Waals surface area contributed by atoms with E-state index < -0.39 is 23.9 Å². The summed E-state index contributed by atoms with van der Waals surface area (Å²) in [4.78, 5) is 12.1. The van der Waals surface area contributed by atoms with Crippen molar-refractivity contribution in [1.29, 1.82) is 0 Å². The van der Waals surface area contributed by atoms with Crippen molar-refractivity contribution in [2.24, 2.45) is 0 Å². The average molecular weight is 292 g/mol. The first-order chi connectivity index (χ1) is 9.97. The van der Waals surface area contributed by atoms with Crippen molar-refractivity contribution in [3.8, 4) is 0 Å². The van der Waals surface area contributed by atoms with Gasteiger partial charge in [0.25, 0.3) is 0 Å². The average Bonchev–Trinajstić information content (AvgIpc) is 3.27. The molecule has 21 heavy (non-hydrogen) atoms. The SMILES string of the molecule is O=C(c1ccccc1)C1OC1c1ccc(C(F)(F)F)cc1. The number of ether oxygens (including phenoxy) is 1. The van der Waals surface area contributed by atoms with Gasteiger partial charge in [0.05, 0.1) is 5.56 Å².